The molecule has 0 amide bonds. The Morgan fingerprint density at radius 1 is 1.43 bits per heavy atom. The number of ketones is 1. The largest absolute Gasteiger partial charge is 0.388 e. The van der Waals surface area contributed by atoms with E-state index in [4.69, 9.17) is 0 Å². The highest BCUT2D eigenvalue weighted by Crippen LogP contribution is 2.51. The first-order valence-corrected chi connectivity index (χ1v) is 5.60. The van der Waals surface area contributed by atoms with E-state index in [2.05, 4.69) is 19.2 Å². The van der Waals surface area contributed by atoms with Crippen molar-refractivity contribution in [3.8, 4) is 0 Å². The van der Waals surface area contributed by atoms with Crippen LogP contribution in [-0.2, 0) is 4.79 Å². The van der Waals surface area contributed by atoms with Crippen LogP contribution in [0.5, 0.6) is 0 Å². The molecule has 1 fully saturated rings. The maximum atomic E-state index is 11.0. The minimum atomic E-state index is 0.280. The van der Waals surface area contributed by atoms with Gasteiger partial charge in [-0.3, -0.25) is 4.79 Å². The molecule has 0 unspecified atom stereocenters. The molecule has 1 N–H and O–H groups in total. The van der Waals surface area contributed by atoms with Crippen molar-refractivity contribution in [2.24, 2.45) is 11.3 Å². The fourth-order valence-corrected chi connectivity index (χ4v) is 2.14. The summed E-state index contributed by atoms with van der Waals surface area (Å²) in [4.78, 5) is 11.0. The maximum Gasteiger partial charge on any atom is 0.157 e. The van der Waals surface area contributed by atoms with Crippen LogP contribution in [0.3, 0.4) is 0 Å². The van der Waals surface area contributed by atoms with Gasteiger partial charge in [0.15, 0.2) is 5.78 Å². The topological polar surface area (TPSA) is 29.1 Å². The molecule has 2 aliphatic rings. The molecular formula is C12H19NO. The fourth-order valence-electron chi connectivity index (χ4n) is 2.14. The summed E-state index contributed by atoms with van der Waals surface area (Å²) >= 11 is 0. The predicted octanol–water partition coefficient (Wildman–Crippen LogP) is 2.26. The van der Waals surface area contributed by atoms with Crippen LogP contribution >= 0.6 is 0 Å². The summed E-state index contributed by atoms with van der Waals surface area (Å²) in [6, 6.07) is 0. The van der Waals surface area contributed by atoms with Gasteiger partial charge < -0.3 is 5.32 Å². The summed E-state index contributed by atoms with van der Waals surface area (Å²) in [6.45, 7) is 5.65. The minimum Gasteiger partial charge on any atom is -0.388 e. The molecule has 0 heterocycles. The monoisotopic (exact) mass is 193 g/mol. The van der Waals surface area contributed by atoms with E-state index in [-0.39, 0.29) is 5.78 Å². The van der Waals surface area contributed by atoms with E-state index < -0.39 is 0 Å². The number of rotatable bonds is 4. The molecule has 0 aromatic rings. The van der Waals surface area contributed by atoms with Crippen LogP contribution in [0.15, 0.2) is 11.8 Å². The first kappa shape index (κ1) is 9.75. The van der Waals surface area contributed by atoms with Crippen molar-refractivity contribution in [3.63, 3.8) is 0 Å². The number of carbonyl (C=O) groups is 1. The van der Waals surface area contributed by atoms with E-state index in [0.717, 1.165) is 24.6 Å². The van der Waals surface area contributed by atoms with Crippen molar-refractivity contribution in [1.29, 1.82) is 0 Å². The molecule has 2 nitrogen and oxygen atoms in total. The lowest BCUT2D eigenvalue weighted by Gasteiger charge is -2.20. The lowest BCUT2D eigenvalue weighted by atomic mass is 9.92. The molecule has 0 spiro atoms. The zero-order valence-electron chi connectivity index (χ0n) is 9.10. The Kier molecular flexibility index (Phi) is 2.38. The van der Waals surface area contributed by atoms with Gasteiger partial charge in [0.05, 0.1) is 0 Å². The third-order valence-electron chi connectivity index (χ3n) is 3.76. The molecule has 0 saturated heterocycles. The highest BCUT2D eigenvalue weighted by Gasteiger charge is 2.45. The number of allylic oxidation sites excluding steroid dienone is 2. The summed E-state index contributed by atoms with van der Waals surface area (Å²) in [5, 5.41) is 3.44. The first-order valence-electron chi connectivity index (χ1n) is 5.60. The van der Waals surface area contributed by atoms with Crippen molar-refractivity contribution in [2.45, 2.75) is 39.5 Å². The Morgan fingerprint density at radius 2 is 2.14 bits per heavy atom. The molecule has 2 rings (SSSR count). The second-order valence-electron chi connectivity index (χ2n) is 5.01. The van der Waals surface area contributed by atoms with Gasteiger partial charge in [-0.05, 0) is 30.6 Å². The zero-order valence-corrected chi connectivity index (χ0v) is 9.10. The van der Waals surface area contributed by atoms with E-state index >= 15 is 0 Å². The Hall–Kier alpha value is -0.790. The van der Waals surface area contributed by atoms with Crippen LogP contribution in [0.2, 0.25) is 0 Å². The summed E-state index contributed by atoms with van der Waals surface area (Å²) in [5.41, 5.74) is 1.69. The maximum absolute atomic E-state index is 11.0. The molecule has 0 aromatic carbocycles. The SMILES string of the molecule is CC(C)C1(CNC2=CC(=O)CC2)CC1. The van der Waals surface area contributed by atoms with Crippen LogP contribution in [0.4, 0.5) is 0 Å². The Bertz CT molecular complexity index is 274. The summed E-state index contributed by atoms with van der Waals surface area (Å²) in [5.74, 6) is 1.04. The molecule has 0 atom stereocenters. The molecule has 0 bridgehead atoms. The molecule has 14 heavy (non-hydrogen) atoms. The van der Waals surface area contributed by atoms with Crippen LogP contribution in [-0.4, -0.2) is 12.3 Å². The predicted molar refractivity (Wildman–Crippen MR) is 56.8 cm³/mol. The van der Waals surface area contributed by atoms with Gasteiger partial charge in [0, 0.05) is 24.7 Å². The number of nitrogens with one attached hydrogen (secondary N) is 1. The highest BCUT2D eigenvalue weighted by atomic mass is 16.1. The highest BCUT2D eigenvalue weighted by molar-refractivity contribution is 5.92. The molecule has 2 heteroatoms. The zero-order chi connectivity index (χ0) is 10.2. The van der Waals surface area contributed by atoms with E-state index in [1.165, 1.54) is 12.8 Å². The Balaban J connectivity index is 1.83. The van der Waals surface area contributed by atoms with E-state index in [0.29, 0.717) is 11.8 Å². The summed E-state index contributed by atoms with van der Waals surface area (Å²) in [7, 11) is 0. The van der Waals surface area contributed by atoms with Crippen LogP contribution in [0, 0.1) is 11.3 Å². The Morgan fingerprint density at radius 3 is 2.57 bits per heavy atom. The van der Waals surface area contributed by atoms with Crippen LogP contribution in [0.25, 0.3) is 0 Å². The lowest BCUT2D eigenvalue weighted by molar-refractivity contribution is -0.114. The van der Waals surface area contributed by atoms with Gasteiger partial charge in [-0.1, -0.05) is 13.8 Å². The molecule has 0 radical (unpaired) electrons. The van der Waals surface area contributed by atoms with Gasteiger partial charge in [-0.2, -0.15) is 0 Å². The fraction of sp³-hybridized carbons (Fsp3) is 0.750. The number of carbonyl (C=O) groups excluding carboxylic acids is 1. The molecule has 78 valence electrons. The molecule has 0 aromatic heterocycles. The molecular weight excluding hydrogens is 174 g/mol. The average Bonchev–Trinajstić information content (AvgIpc) is 2.82. The van der Waals surface area contributed by atoms with Gasteiger partial charge in [-0.25, -0.2) is 0 Å². The lowest BCUT2D eigenvalue weighted by Crippen LogP contribution is -2.26. The molecule has 0 aliphatic heterocycles. The van der Waals surface area contributed by atoms with Gasteiger partial charge in [0.2, 0.25) is 0 Å². The summed E-state index contributed by atoms with van der Waals surface area (Å²) in [6.07, 6.45) is 6.10. The van der Waals surface area contributed by atoms with E-state index in [9.17, 15) is 4.79 Å². The van der Waals surface area contributed by atoms with Gasteiger partial charge in [0.1, 0.15) is 0 Å². The first-order chi connectivity index (χ1) is 6.62. The Labute approximate surface area is 85.8 Å². The molecule has 2 aliphatic carbocycles. The standard InChI is InChI=1S/C12H19NO/c1-9(2)12(5-6-12)8-13-10-3-4-11(14)7-10/h7,9,13H,3-6,8H2,1-2H3. The van der Waals surface area contributed by atoms with Crippen LogP contribution in [0.1, 0.15) is 39.5 Å². The van der Waals surface area contributed by atoms with Gasteiger partial charge in [0.25, 0.3) is 0 Å². The van der Waals surface area contributed by atoms with Gasteiger partial charge in [-0.15, -0.1) is 0 Å². The smallest absolute Gasteiger partial charge is 0.157 e. The normalized spacial score (nSPS) is 23.9. The molecule has 1 saturated carbocycles. The minimum absolute atomic E-state index is 0.280. The second-order valence-corrected chi connectivity index (χ2v) is 5.01. The number of hydrogen-bond donors (Lipinski definition) is 1. The number of hydrogen-bond acceptors (Lipinski definition) is 2. The quantitative estimate of drug-likeness (QED) is 0.742. The van der Waals surface area contributed by atoms with Gasteiger partial charge >= 0.3 is 0 Å². The van der Waals surface area contributed by atoms with Crippen LogP contribution < -0.4 is 5.32 Å². The third-order valence-corrected chi connectivity index (χ3v) is 3.76. The van der Waals surface area contributed by atoms with E-state index in [1.54, 1.807) is 6.08 Å². The summed E-state index contributed by atoms with van der Waals surface area (Å²) < 4.78 is 0. The van der Waals surface area contributed by atoms with Crippen molar-refractivity contribution in [2.75, 3.05) is 6.54 Å². The van der Waals surface area contributed by atoms with Crippen molar-refractivity contribution in [1.82, 2.24) is 5.32 Å². The second kappa shape index (κ2) is 3.41. The van der Waals surface area contributed by atoms with Crippen molar-refractivity contribution >= 4 is 5.78 Å². The average molecular weight is 193 g/mol. The third kappa shape index (κ3) is 1.84. The van der Waals surface area contributed by atoms with Crippen molar-refractivity contribution < 1.29 is 4.79 Å². The van der Waals surface area contributed by atoms with Crippen molar-refractivity contribution in [3.05, 3.63) is 11.8 Å². The van der Waals surface area contributed by atoms with E-state index in [1.807, 2.05) is 0 Å².